The van der Waals surface area contributed by atoms with Gasteiger partial charge in [-0.1, -0.05) is 35.9 Å². The first-order chi connectivity index (χ1) is 17.0. The molecule has 5 nitrogen and oxygen atoms in total. The molecule has 5 rings (SSSR count). The molecule has 3 aromatic carbocycles. The number of halogens is 1. The third kappa shape index (κ3) is 4.99. The van der Waals surface area contributed by atoms with Crippen LogP contribution in [0.1, 0.15) is 11.3 Å². The van der Waals surface area contributed by atoms with Gasteiger partial charge in [0, 0.05) is 22.2 Å². The summed E-state index contributed by atoms with van der Waals surface area (Å²) in [7, 11) is 1.57. The van der Waals surface area contributed by atoms with Crippen LogP contribution in [-0.4, -0.2) is 18.0 Å². The number of fused-ring (bicyclic) bond motifs is 1. The molecule has 0 aliphatic carbocycles. The number of anilines is 1. The lowest BCUT2D eigenvalue weighted by atomic mass is 10.1. The molecular formula is C28H21ClN2O3S. The van der Waals surface area contributed by atoms with E-state index in [0.717, 1.165) is 31.9 Å². The lowest BCUT2D eigenvalue weighted by Crippen LogP contribution is -2.09. The van der Waals surface area contributed by atoms with Gasteiger partial charge < -0.3 is 14.5 Å². The Kier molecular flexibility index (Phi) is 6.40. The number of amides is 1. The number of nitrogens with one attached hydrogen (secondary N) is 1. The molecule has 0 spiro atoms. The fraction of sp³-hybridized carbons (Fsp3) is 0.0714. The average molecular weight is 501 g/mol. The number of aryl methyl sites for hydroxylation is 1. The quantitative estimate of drug-likeness (QED) is 0.241. The number of thiazole rings is 1. The topological polar surface area (TPSA) is 64.4 Å². The Morgan fingerprint density at radius 2 is 1.89 bits per heavy atom. The number of rotatable bonds is 6. The normalized spacial score (nSPS) is 11.3. The molecule has 0 unspecified atom stereocenters. The van der Waals surface area contributed by atoms with Crippen LogP contribution in [0.2, 0.25) is 5.02 Å². The lowest BCUT2D eigenvalue weighted by Gasteiger charge is -2.10. The summed E-state index contributed by atoms with van der Waals surface area (Å²) < 4.78 is 12.4. The van der Waals surface area contributed by atoms with Crippen molar-refractivity contribution in [2.45, 2.75) is 6.92 Å². The Labute approximate surface area is 211 Å². The highest BCUT2D eigenvalue weighted by molar-refractivity contribution is 7.21. The van der Waals surface area contributed by atoms with Gasteiger partial charge in [-0.15, -0.1) is 11.3 Å². The maximum Gasteiger partial charge on any atom is 0.248 e. The van der Waals surface area contributed by atoms with Gasteiger partial charge in [0.05, 0.1) is 23.0 Å². The monoisotopic (exact) mass is 500 g/mol. The van der Waals surface area contributed by atoms with Crippen molar-refractivity contribution in [2.75, 3.05) is 12.4 Å². The van der Waals surface area contributed by atoms with E-state index in [1.54, 1.807) is 30.6 Å². The molecule has 5 aromatic rings. The lowest BCUT2D eigenvalue weighted by molar-refractivity contribution is -0.111. The van der Waals surface area contributed by atoms with Crippen molar-refractivity contribution in [3.8, 4) is 27.6 Å². The Balaban J connectivity index is 1.33. The number of aromatic nitrogens is 1. The molecule has 0 saturated heterocycles. The van der Waals surface area contributed by atoms with Crippen LogP contribution >= 0.6 is 22.9 Å². The maximum absolute atomic E-state index is 12.7. The van der Waals surface area contributed by atoms with E-state index in [0.29, 0.717) is 28.0 Å². The summed E-state index contributed by atoms with van der Waals surface area (Å²) in [5, 5.41) is 4.45. The molecule has 0 saturated carbocycles. The number of hydrogen-bond donors (Lipinski definition) is 1. The summed E-state index contributed by atoms with van der Waals surface area (Å²) in [4.78, 5) is 17.4. The van der Waals surface area contributed by atoms with E-state index in [9.17, 15) is 4.79 Å². The van der Waals surface area contributed by atoms with Crippen LogP contribution in [0.5, 0.6) is 5.75 Å². The van der Waals surface area contributed by atoms with E-state index >= 15 is 0 Å². The van der Waals surface area contributed by atoms with E-state index in [1.165, 1.54) is 6.08 Å². The predicted molar refractivity (Wildman–Crippen MR) is 143 cm³/mol. The van der Waals surface area contributed by atoms with Crippen LogP contribution in [0.3, 0.4) is 0 Å². The van der Waals surface area contributed by atoms with Crippen LogP contribution in [-0.2, 0) is 4.79 Å². The summed E-state index contributed by atoms with van der Waals surface area (Å²) in [5.41, 5.74) is 4.29. The molecule has 174 valence electrons. The molecule has 0 bridgehead atoms. The molecule has 0 radical (unpaired) electrons. The van der Waals surface area contributed by atoms with Gasteiger partial charge in [-0.25, -0.2) is 4.98 Å². The first-order valence-electron chi connectivity index (χ1n) is 10.9. The minimum Gasteiger partial charge on any atom is -0.495 e. The molecule has 2 heterocycles. The number of carbonyl (C=O) groups is 1. The summed E-state index contributed by atoms with van der Waals surface area (Å²) in [5.74, 6) is 1.49. The highest BCUT2D eigenvalue weighted by atomic mass is 35.5. The summed E-state index contributed by atoms with van der Waals surface area (Å²) >= 11 is 7.83. The van der Waals surface area contributed by atoms with E-state index < -0.39 is 0 Å². The Morgan fingerprint density at radius 3 is 2.69 bits per heavy atom. The molecular weight excluding hydrogens is 480 g/mol. The minimum atomic E-state index is -0.305. The first kappa shape index (κ1) is 22.9. The third-order valence-corrected chi connectivity index (χ3v) is 6.97. The summed E-state index contributed by atoms with van der Waals surface area (Å²) in [6.07, 6.45) is 3.05. The van der Waals surface area contributed by atoms with Crippen molar-refractivity contribution in [1.29, 1.82) is 0 Å². The number of carbonyl (C=O) groups excluding carboxylic acids is 1. The fourth-order valence-corrected chi connectivity index (χ4v) is 4.75. The number of ether oxygens (including phenoxy) is 1. The van der Waals surface area contributed by atoms with Gasteiger partial charge in [-0.05, 0) is 67.1 Å². The predicted octanol–water partition coefficient (Wildman–Crippen LogP) is 7.85. The number of nitrogens with zero attached hydrogens (tertiary/aromatic N) is 1. The number of furan rings is 1. The summed E-state index contributed by atoms with van der Waals surface area (Å²) in [6, 6.07) is 23.0. The van der Waals surface area contributed by atoms with Gasteiger partial charge in [0.1, 0.15) is 22.3 Å². The summed E-state index contributed by atoms with van der Waals surface area (Å²) in [6.45, 7) is 1.95. The van der Waals surface area contributed by atoms with Gasteiger partial charge in [0.2, 0.25) is 5.91 Å². The van der Waals surface area contributed by atoms with Gasteiger partial charge >= 0.3 is 0 Å². The number of para-hydroxylation sites is 1. The second-order valence-corrected chi connectivity index (χ2v) is 9.33. The molecule has 35 heavy (non-hydrogen) atoms. The molecule has 0 aliphatic rings. The molecule has 2 aromatic heterocycles. The number of hydrogen-bond acceptors (Lipinski definition) is 5. The zero-order valence-corrected chi connectivity index (χ0v) is 20.6. The van der Waals surface area contributed by atoms with Gasteiger partial charge in [0.15, 0.2) is 0 Å². The number of methoxy groups -OCH3 is 1. The van der Waals surface area contributed by atoms with Crippen molar-refractivity contribution < 1.29 is 13.9 Å². The second kappa shape index (κ2) is 9.78. The zero-order chi connectivity index (χ0) is 24.4. The molecule has 0 aliphatic heterocycles. The van der Waals surface area contributed by atoms with Crippen LogP contribution in [0.15, 0.2) is 83.3 Å². The highest BCUT2D eigenvalue weighted by Crippen LogP contribution is 2.35. The average Bonchev–Trinajstić information content (AvgIpc) is 3.52. The smallest absolute Gasteiger partial charge is 0.248 e. The first-order valence-corrected chi connectivity index (χ1v) is 12.1. The van der Waals surface area contributed by atoms with Crippen LogP contribution in [0.4, 0.5) is 5.69 Å². The van der Waals surface area contributed by atoms with Crippen LogP contribution in [0, 0.1) is 6.92 Å². The Morgan fingerprint density at radius 1 is 1.06 bits per heavy atom. The van der Waals surface area contributed by atoms with Gasteiger partial charge in [-0.3, -0.25) is 4.79 Å². The van der Waals surface area contributed by atoms with E-state index in [-0.39, 0.29) is 5.91 Å². The van der Waals surface area contributed by atoms with Crippen molar-refractivity contribution in [3.05, 3.63) is 95.2 Å². The van der Waals surface area contributed by atoms with E-state index in [4.69, 9.17) is 25.7 Å². The van der Waals surface area contributed by atoms with Crippen molar-refractivity contribution in [1.82, 2.24) is 4.98 Å². The van der Waals surface area contributed by atoms with Gasteiger partial charge in [-0.2, -0.15) is 0 Å². The second-order valence-electron chi connectivity index (χ2n) is 7.89. The Hall–Kier alpha value is -3.87. The van der Waals surface area contributed by atoms with Crippen molar-refractivity contribution in [3.63, 3.8) is 0 Å². The molecule has 1 amide bonds. The maximum atomic E-state index is 12.7. The molecule has 1 N–H and O–H groups in total. The molecule has 0 fully saturated rings. The Bertz CT molecular complexity index is 1530. The van der Waals surface area contributed by atoms with Crippen LogP contribution < -0.4 is 10.1 Å². The standard InChI is InChI=1S/C28H21ClN2O3S/c1-17-7-8-18(15-21(17)29)24-13-10-20(34-24)11-14-27(32)30-23-16-19(9-12-25(23)33-2)28-31-22-5-3-4-6-26(22)35-28/h3-16H,1-2H3,(H,30,32)/b14-11+. The number of benzene rings is 3. The molecule has 7 heteroatoms. The van der Waals surface area contributed by atoms with Crippen LogP contribution in [0.25, 0.3) is 38.2 Å². The zero-order valence-electron chi connectivity index (χ0n) is 19.0. The van der Waals surface area contributed by atoms with E-state index in [2.05, 4.69) is 5.32 Å². The SMILES string of the molecule is COc1ccc(-c2nc3ccccc3s2)cc1NC(=O)/C=C/c1ccc(-c2ccc(C)c(Cl)c2)o1. The van der Waals surface area contributed by atoms with Crippen molar-refractivity contribution in [2.24, 2.45) is 0 Å². The fourth-order valence-electron chi connectivity index (χ4n) is 3.61. The third-order valence-electron chi connectivity index (χ3n) is 5.48. The van der Waals surface area contributed by atoms with E-state index in [1.807, 2.05) is 73.7 Å². The molecule has 0 atom stereocenters. The van der Waals surface area contributed by atoms with Gasteiger partial charge in [0.25, 0.3) is 0 Å². The minimum absolute atomic E-state index is 0.305. The largest absolute Gasteiger partial charge is 0.495 e. The highest BCUT2D eigenvalue weighted by Gasteiger charge is 2.12. The van der Waals surface area contributed by atoms with Crippen molar-refractivity contribution >= 4 is 50.8 Å².